The molecule has 0 aliphatic heterocycles. The van der Waals surface area contributed by atoms with Crippen molar-refractivity contribution < 1.29 is 13.2 Å². The molecule has 0 saturated heterocycles. The Kier molecular flexibility index (Phi) is 6.73. The molecule has 0 fully saturated rings. The summed E-state index contributed by atoms with van der Waals surface area (Å²) in [5.41, 5.74) is 1.87. The zero-order chi connectivity index (χ0) is 18.3. The Labute approximate surface area is 149 Å². The molecule has 25 heavy (non-hydrogen) atoms. The molecule has 0 aromatic heterocycles. The summed E-state index contributed by atoms with van der Waals surface area (Å²) in [4.78, 5) is 12.2. The number of carbonyl (C=O) groups is 1. The van der Waals surface area contributed by atoms with Crippen LogP contribution in [-0.2, 0) is 27.8 Å². The Morgan fingerprint density at radius 1 is 1.00 bits per heavy atom. The second-order valence-electron chi connectivity index (χ2n) is 6.19. The number of nitrogens with one attached hydrogen (secondary N) is 2. The molecule has 2 rings (SSSR count). The molecule has 0 aliphatic rings. The van der Waals surface area contributed by atoms with E-state index in [4.69, 9.17) is 0 Å². The fourth-order valence-corrected chi connectivity index (χ4v) is 3.71. The maximum atomic E-state index is 12.2. The minimum atomic E-state index is -3.53. The summed E-state index contributed by atoms with van der Waals surface area (Å²) in [6.07, 6.45) is 1.08. The van der Waals surface area contributed by atoms with Gasteiger partial charge >= 0.3 is 0 Å². The molecule has 0 unspecified atom stereocenters. The Hall–Kier alpha value is -2.18. The smallest absolute Gasteiger partial charge is 0.240 e. The number of hydrogen-bond donors (Lipinski definition) is 2. The Balaban J connectivity index is 1.90. The monoisotopic (exact) mass is 360 g/mol. The standard InChI is InChI=1S/C19H24N2O3S/c1-15(2)21-25(23,24)18-10-6-9-17(13-18)14-20-19(22)12-11-16-7-4-3-5-8-16/h3-10,13,15,21H,11-12,14H2,1-2H3,(H,20,22). The van der Waals surface area contributed by atoms with Crippen LogP contribution in [0, 0.1) is 0 Å². The van der Waals surface area contributed by atoms with E-state index in [0.29, 0.717) is 19.4 Å². The highest BCUT2D eigenvalue weighted by atomic mass is 32.2. The first-order valence-electron chi connectivity index (χ1n) is 8.29. The first-order chi connectivity index (χ1) is 11.9. The van der Waals surface area contributed by atoms with Crippen molar-refractivity contribution in [3.05, 3.63) is 65.7 Å². The van der Waals surface area contributed by atoms with E-state index in [1.54, 1.807) is 38.1 Å². The number of hydrogen-bond acceptors (Lipinski definition) is 3. The minimum Gasteiger partial charge on any atom is -0.352 e. The molecule has 5 nitrogen and oxygen atoms in total. The molecule has 2 aromatic rings. The topological polar surface area (TPSA) is 75.3 Å². The van der Waals surface area contributed by atoms with Crippen LogP contribution in [0.1, 0.15) is 31.4 Å². The average Bonchev–Trinajstić information content (AvgIpc) is 2.58. The summed E-state index contributed by atoms with van der Waals surface area (Å²) in [7, 11) is -3.53. The SMILES string of the molecule is CC(C)NS(=O)(=O)c1cccc(CNC(=O)CCc2ccccc2)c1. The molecule has 2 N–H and O–H groups in total. The summed E-state index contributed by atoms with van der Waals surface area (Å²) >= 11 is 0. The lowest BCUT2D eigenvalue weighted by atomic mass is 10.1. The third-order valence-corrected chi connectivity index (χ3v) is 5.23. The lowest BCUT2D eigenvalue weighted by Gasteiger charge is -2.11. The van der Waals surface area contributed by atoms with Crippen LogP contribution in [0.25, 0.3) is 0 Å². The van der Waals surface area contributed by atoms with E-state index >= 15 is 0 Å². The largest absolute Gasteiger partial charge is 0.352 e. The molecule has 0 spiro atoms. The fourth-order valence-electron chi connectivity index (χ4n) is 2.39. The van der Waals surface area contributed by atoms with Crippen molar-refractivity contribution in [2.45, 2.75) is 44.2 Å². The van der Waals surface area contributed by atoms with Gasteiger partial charge in [-0.15, -0.1) is 0 Å². The lowest BCUT2D eigenvalue weighted by Crippen LogP contribution is -2.30. The van der Waals surface area contributed by atoms with Crippen molar-refractivity contribution in [3.8, 4) is 0 Å². The number of amides is 1. The second-order valence-corrected chi connectivity index (χ2v) is 7.90. The van der Waals surface area contributed by atoms with Crippen LogP contribution in [0.2, 0.25) is 0 Å². The van der Waals surface area contributed by atoms with Crippen LogP contribution in [-0.4, -0.2) is 20.4 Å². The summed E-state index contributed by atoms with van der Waals surface area (Å²) in [5, 5.41) is 2.83. The van der Waals surface area contributed by atoms with Gasteiger partial charge in [0.05, 0.1) is 4.90 Å². The van der Waals surface area contributed by atoms with Gasteiger partial charge in [-0.3, -0.25) is 4.79 Å². The van der Waals surface area contributed by atoms with E-state index < -0.39 is 10.0 Å². The highest BCUT2D eigenvalue weighted by Crippen LogP contribution is 2.12. The van der Waals surface area contributed by atoms with Gasteiger partial charge in [0.25, 0.3) is 0 Å². The van der Waals surface area contributed by atoms with Crippen LogP contribution in [0.5, 0.6) is 0 Å². The van der Waals surface area contributed by atoms with Gasteiger partial charge in [0.2, 0.25) is 15.9 Å². The van der Waals surface area contributed by atoms with Gasteiger partial charge in [-0.25, -0.2) is 13.1 Å². The molecular formula is C19H24N2O3S. The third-order valence-electron chi connectivity index (χ3n) is 3.57. The van der Waals surface area contributed by atoms with E-state index in [-0.39, 0.29) is 16.8 Å². The second kappa shape index (κ2) is 8.78. The van der Waals surface area contributed by atoms with Crippen molar-refractivity contribution in [2.24, 2.45) is 0 Å². The molecule has 2 aromatic carbocycles. The highest BCUT2D eigenvalue weighted by molar-refractivity contribution is 7.89. The number of sulfonamides is 1. The van der Waals surface area contributed by atoms with Gasteiger partial charge in [-0.05, 0) is 43.5 Å². The predicted octanol–water partition coefficient (Wildman–Crippen LogP) is 2.62. The molecule has 0 aliphatic carbocycles. The van der Waals surface area contributed by atoms with Gasteiger partial charge in [0.15, 0.2) is 0 Å². The van der Waals surface area contributed by atoms with Gasteiger partial charge in [0.1, 0.15) is 0 Å². The maximum Gasteiger partial charge on any atom is 0.240 e. The first-order valence-corrected chi connectivity index (χ1v) is 9.77. The number of carbonyl (C=O) groups excluding carboxylic acids is 1. The summed E-state index contributed by atoms with van der Waals surface area (Å²) < 4.78 is 26.9. The third kappa shape index (κ3) is 6.32. The fraction of sp³-hybridized carbons (Fsp3) is 0.316. The lowest BCUT2D eigenvalue weighted by molar-refractivity contribution is -0.121. The molecule has 0 saturated carbocycles. The maximum absolute atomic E-state index is 12.2. The van der Waals surface area contributed by atoms with Crippen LogP contribution in [0.3, 0.4) is 0 Å². The number of rotatable bonds is 8. The first kappa shape index (κ1) is 19.1. The van der Waals surface area contributed by atoms with Crippen molar-refractivity contribution in [2.75, 3.05) is 0 Å². The molecular weight excluding hydrogens is 336 g/mol. The van der Waals surface area contributed by atoms with E-state index in [1.807, 2.05) is 30.3 Å². The molecule has 6 heteroatoms. The van der Waals surface area contributed by atoms with Crippen LogP contribution in [0.4, 0.5) is 0 Å². The summed E-state index contributed by atoms with van der Waals surface area (Å²) in [6.45, 7) is 3.85. The minimum absolute atomic E-state index is 0.0579. The molecule has 1 amide bonds. The normalized spacial score (nSPS) is 11.5. The van der Waals surface area contributed by atoms with Crippen molar-refractivity contribution in [1.29, 1.82) is 0 Å². The van der Waals surface area contributed by atoms with Gasteiger partial charge in [-0.1, -0.05) is 42.5 Å². The van der Waals surface area contributed by atoms with Crippen molar-refractivity contribution >= 4 is 15.9 Å². The zero-order valence-electron chi connectivity index (χ0n) is 14.5. The van der Waals surface area contributed by atoms with Gasteiger partial charge < -0.3 is 5.32 Å². The van der Waals surface area contributed by atoms with E-state index in [2.05, 4.69) is 10.0 Å². The zero-order valence-corrected chi connectivity index (χ0v) is 15.3. The molecule has 0 heterocycles. The Morgan fingerprint density at radius 2 is 1.68 bits per heavy atom. The van der Waals surface area contributed by atoms with Crippen molar-refractivity contribution in [3.63, 3.8) is 0 Å². The molecule has 0 radical (unpaired) electrons. The number of benzene rings is 2. The van der Waals surface area contributed by atoms with Gasteiger partial charge in [0, 0.05) is 19.0 Å². The molecule has 0 bridgehead atoms. The predicted molar refractivity (Wildman–Crippen MR) is 98.5 cm³/mol. The average molecular weight is 360 g/mol. The molecule has 0 atom stereocenters. The van der Waals surface area contributed by atoms with E-state index in [9.17, 15) is 13.2 Å². The van der Waals surface area contributed by atoms with Crippen LogP contribution in [0.15, 0.2) is 59.5 Å². The number of aryl methyl sites for hydroxylation is 1. The van der Waals surface area contributed by atoms with Crippen molar-refractivity contribution in [1.82, 2.24) is 10.0 Å². The van der Waals surface area contributed by atoms with E-state index in [1.165, 1.54) is 0 Å². The summed E-state index contributed by atoms with van der Waals surface area (Å²) in [5.74, 6) is -0.0579. The Morgan fingerprint density at radius 3 is 2.36 bits per heavy atom. The quantitative estimate of drug-likeness (QED) is 0.760. The van der Waals surface area contributed by atoms with Gasteiger partial charge in [-0.2, -0.15) is 0 Å². The van der Waals surface area contributed by atoms with E-state index in [0.717, 1.165) is 11.1 Å². The summed E-state index contributed by atoms with van der Waals surface area (Å²) in [6, 6.07) is 16.3. The molecule has 134 valence electrons. The highest BCUT2D eigenvalue weighted by Gasteiger charge is 2.15. The Bertz CT molecular complexity index is 802. The van der Waals surface area contributed by atoms with Crippen LogP contribution < -0.4 is 10.0 Å². The van der Waals surface area contributed by atoms with Crippen LogP contribution >= 0.6 is 0 Å².